The van der Waals surface area contributed by atoms with Gasteiger partial charge in [-0.15, -0.1) is 0 Å². The van der Waals surface area contributed by atoms with Gasteiger partial charge in [0.15, 0.2) is 0 Å². The maximum absolute atomic E-state index is 10.7. The van der Waals surface area contributed by atoms with E-state index in [0.717, 1.165) is 17.5 Å². The molecule has 0 bridgehead atoms. The van der Waals surface area contributed by atoms with Crippen LogP contribution in [0.25, 0.3) is 11.3 Å². The maximum Gasteiger partial charge on any atom is 0.374 e. The molecule has 2 rings (SSSR count). The quantitative estimate of drug-likeness (QED) is 0.911. The van der Waals surface area contributed by atoms with Gasteiger partial charge in [0.05, 0.1) is 0 Å². The summed E-state index contributed by atoms with van der Waals surface area (Å²) in [5.41, 5.74) is 2.29. The molecule has 2 aromatic rings. The van der Waals surface area contributed by atoms with Gasteiger partial charge in [0.1, 0.15) is 5.69 Å². The molecule has 1 unspecified atom stereocenters. The topological polar surface area (TPSA) is 63.3 Å². The Morgan fingerprint density at radius 2 is 2.21 bits per heavy atom. The van der Waals surface area contributed by atoms with E-state index in [-0.39, 0.29) is 5.76 Å². The van der Waals surface area contributed by atoms with Crippen LogP contribution in [0.1, 0.15) is 42.3 Å². The molecule has 0 fully saturated rings. The van der Waals surface area contributed by atoms with Gasteiger partial charge in [0.25, 0.3) is 0 Å². The van der Waals surface area contributed by atoms with Crippen LogP contribution in [0, 0.1) is 0 Å². The highest BCUT2D eigenvalue weighted by Gasteiger charge is 2.14. The molecule has 0 aliphatic rings. The molecule has 1 aromatic carbocycles. The Labute approximate surface area is 116 Å². The van der Waals surface area contributed by atoms with Crippen LogP contribution < -0.4 is 0 Å². The van der Waals surface area contributed by atoms with Crippen molar-refractivity contribution in [3.05, 3.63) is 40.6 Å². The van der Waals surface area contributed by atoms with Crippen molar-refractivity contribution in [2.75, 3.05) is 0 Å². The highest BCUT2D eigenvalue weighted by molar-refractivity contribution is 6.31. The van der Waals surface area contributed by atoms with Crippen LogP contribution >= 0.6 is 11.6 Å². The Morgan fingerprint density at radius 3 is 2.74 bits per heavy atom. The van der Waals surface area contributed by atoms with Gasteiger partial charge < -0.3 is 9.63 Å². The first-order chi connectivity index (χ1) is 9.02. The fourth-order valence-corrected chi connectivity index (χ4v) is 2.18. The third kappa shape index (κ3) is 2.79. The largest absolute Gasteiger partial charge is 0.475 e. The van der Waals surface area contributed by atoms with E-state index < -0.39 is 5.97 Å². The number of halogens is 1. The van der Waals surface area contributed by atoms with Gasteiger partial charge in [0, 0.05) is 16.7 Å². The second-order valence-electron chi connectivity index (χ2n) is 4.43. The van der Waals surface area contributed by atoms with Crippen molar-refractivity contribution in [3.63, 3.8) is 0 Å². The van der Waals surface area contributed by atoms with Gasteiger partial charge in [0.2, 0.25) is 5.76 Å². The van der Waals surface area contributed by atoms with E-state index in [0.29, 0.717) is 16.6 Å². The van der Waals surface area contributed by atoms with E-state index in [2.05, 4.69) is 19.0 Å². The molecule has 0 aliphatic heterocycles. The van der Waals surface area contributed by atoms with E-state index >= 15 is 0 Å². The summed E-state index contributed by atoms with van der Waals surface area (Å²) in [6.07, 6.45) is 1.01. The van der Waals surface area contributed by atoms with Crippen LogP contribution in [0.5, 0.6) is 0 Å². The second-order valence-corrected chi connectivity index (χ2v) is 4.83. The minimum absolute atomic E-state index is 0.183. The number of rotatable bonds is 4. The summed E-state index contributed by atoms with van der Waals surface area (Å²) < 4.78 is 4.73. The number of nitrogens with zero attached hydrogens (tertiary/aromatic N) is 1. The van der Waals surface area contributed by atoms with Gasteiger partial charge >= 0.3 is 5.97 Å². The summed E-state index contributed by atoms with van der Waals surface area (Å²) in [5, 5.41) is 13.2. The summed E-state index contributed by atoms with van der Waals surface area (Å²) in [6, 6.07) is 6.99. The minimum atomic E-state index is -1.14. The maximum atomic E-state index is 10.7. The van der Waals surface area contributed by atoms with E-state index in [9.17, 15) is 4.79 Å². The van der Waals surface area contributed by atoms with Crippen molar-refractivity contribution < 1.29 is 14.4 Å². The Hall–Kier alpha value is -1.81. The van der Waals surface area contributed by atoms with E-state index in [1.807, 2.05) is 12.1 Å². The van der Waals surface area contributed by atoms with Crippen LogP contribution in [0.3, 0.4) is 0 Å². The highest BCUT2D eigenvalue weighted by atomic mass is 35.5. The van der Waals surface area contributed by atoms with Crippen molar-refractivity contribution in [3.8, 4) is 11.3 Å². The number of aromatic nitrogens is 1. The Bertz CT molecular complexity index is 606. The fraction of sp³-hybridized carbons (Fsp3) is 0.286. The lowest BCUT2D eigenvalue weighted by Gasteiger charge is -2.11. The zero-order valence-corrected chi connectivity index (χ0v) is 11.4. The normalized spacial score (nSPS) is 12.4. The summed E-state index contributed by atoms with van der Waals surface area (Å²) in [5.74, 6) is -0.938. The van der Waals surface area contributed by atoms with Gasteiger partial charge in [-0.1, -0.05) is 42.7 Å². The number of hydrogen-bond acceptors (Lipinski definition) is 3. The molecular weight excluding hydrogens is 266 g/mol. The Balaban J connectivity index is 2.35. The Morgan fingerprint density at radius 1 is 1.47 bits per heavy atom. The van der Waals surface area contributed by atoms with Crippen molar-refractivity contribution >= 4 is 17.6 Å². The first-order valence-corrected chi connectivity index (χ1v) is 6.40. The number of carboxylic acids is 1. The monoisotopic (exact) mass is 279 g/mol. The lowest BCUT2D eigenvalue weighted by Crippen LogP contribution is -1.93. The molecule has 1 aromatic heterocycles. The van der Waals surface area contributed by atoms with Crippen molar-refractivity contribution in [1.29, 1.82) is 0 Å². The molecule has 100 valence electrons. The molecule has 4 nitrogen and oxygen atoms in total. The molecule has 0 saturated heterocycles. The van der Waals surface area contributed by atoms with Crippen LogP contribution in [0.2, 0.25) is 5.02 Å². The molecule has 0 amide bonds. The van der Waals surface area contributed by atoms with E-state index in [1.54, 1.807) is 6.07 Å². The molecule has 5 heteroatoms. The average Bonchev–Trinajstić information content (AvgIpc) is 2.87. The molecule has 0 saturated carbocycles. The highest BCUT2D eigenvalue weighted by Crippen LogP contribution is 2.31. The van der Waals surface area contributed by atoms with Crippen molar-refractivity contribution in [2.24, 2.45) is 0 Å². The van der Waals surface area contributed by atoms with Crippen LogP contribution in [-0.4, -0.2) is 16.2 Å². The zero-order valence-electron chi connectivity index (χ0n) is 10.7. The fourth-order valence-electron chi connectivity index (χ4n) is 1.82. The molecule has 1 atom stereocenters. The predicted octanol–water partition coefficient (Wildman–Crippen LogP) is 4.21. The molecule has 0 radical (unpaired) electrons. The smallest absolute Gasteiger partial charge is 0.374 e. The molecule has 1 heterocycles. The first kappa shape index (κ1) is 13.6. The number of benzene rings is 1. The third-order valence-corrected chi connectivity index (χ3v) is 3.49. The molecule has 0 spiro atoms. The zero-order chi connectivity index (χ0) is 14.0. The van der Waals surface area contributed by atoms with Crippen LogP contribution in [0.15, 0.2) is 28.8 Å². The number of hydrogen-bond donors (Lipinski definition) is 1. The van der Waals surface area contributed by atoms with Gasteiger partial charge in [-0.05, 0) is 24.0 Å². The first-order valence-electron chi connectivity index (χ1n) is 6.02. The Kier molecular flexibility index (Phi) is 3.90. The lowest BCUT2D eigenvalue weighted by atomic mass is 9.97. The molecule has 19 heavy (non-hydrogen) atoms. The summed E-state index contributed by atoms with van der Waals surface area (Å²) in [7, 11) is 0. The minimum Gasteiger partial charge on any atom is -0.475 e. The predicted molar refractivity (Wildman–Crippen MR) is 72.6 cm³/mol. The number of aromatic carboxylic acids is 1. The SMILES string of the molecule is CCC(C)c1ccc(-c2cc(C(=O)O)on2)cc1Cl. The van der Waals surface area contributed by atoms with E-state index in [1.165, 1.54) is 6.07 Å². The summed E-state index contributed by atoms with van der Waals surface area (Å²) in [4.78, 5) is 10.7. The van der Waals surface area contributed by atoms with Crippen LogP contribution in [-0.2, 0) is 0 Å². The van der Waals surface area contributed by atoms with Gasteiger partial charge in [-0.3, -0.25) is 0 Å². The summed E-state index contributed by atoms with van der Waals surface area (Å²) in [6.45, 7) is 4.21. The number of carbonyl (C=O) groups is 1. The van der Waals surface area contributed by atoms with Crippen molar-refractivity contribution in [1.82, 2.24) is 5.16 Å². The van der Waals surface area contributed by atoms with Crippen LogP contribution in [0.4, 0.5) is 0 Å². The average molecular weight is 280 g/mol. The van der Waals surface area contributed by atoms with Gasteiger partial charge in [-0.2, -0.15) is 0 Å². The second kappa shape index (κ2) is 5.45. The lowest BCUT2D eigenvalue weighted by molar-refractivity contribution is 0.0652. The molecule has 0 aliphatic carbocycles. The molecular formula is C14H14ClNO3. The van der Waals surface area contributed by atoms with Crippen molar-refractivity contribution in [2.45, 2.75) is 26.2 Å². The molecule has 1 N–H and O–H groups in total. The van der Waals surface area contributed by atoms with Gasteiger partial charge in [-0.25, -0.2) is 4.79 Å². The number of carboxylic acid groups (broad SMARTS) is 1. The third-order valence-electron chi connectivity index (χ3n) is 3.16. The summed E-state index contributed by atoms with van der Waals surface area (Å²) >= 11 is 6.25. The standard InChI is InChI=1S/C14H14ClNO3/c1-3-8(2)10-5-4-9(6-11(10)15)12-7-13(14(17)18)19-16-12/h4-8H,3H2,1-2H3,(H,17,18). The van der Waals surface area contributed by atoms with E-state index in [4.69, 9.17) is 21.2 Å².